The zero-order valence-electron chi connectivity index (χ0n) is 16.8. The lowest BCUT2D eigenvalue weighted by atomic mass is 10.2. The molecule has 0 fully saturated rings. The molecule has 0 spiro atoms. The fourth-order valence-corrected chi connectivity index (χ4v) is 2.43. The first-order chi connectivity index (χ1) is 14.4. The molecule has 0 unspecified atom stereocenters. The summed E-state index contributed by atoms with van der Waals surface area (Å²) in [5, 5.41) is 0. The lowest BCUT2D eigenvalue weighted by Gasteiger charge is -2.08. The van der Waals surface area contributed by atoms with Crippen molar-refractivity contribution in [1.29, 1.82) is 0 Å². The second-order valence-corrected chi connectivity index (χ2v) is 6.67. The number of benzene rings is 2. The van der Waals surface area contributed by atoms with Crippen molar-refractivity contribution in [2.45, 2.75) is 32.6 Å². The summed E-state index contributed by atoms with van der Waals surface area (Å²) in [6.07, 6.45) is 3.48. The third kappa shape index (κ3) is 7.66. The summed E-state index contributed by atoms with van der Waals surface area (Å²) >= 11 is 0. The van der Waals surface area contributed by atoms with Crippen molar-refractivity contribution >= 4 is 11.9 Å². The average Bonchev–Trinajstić information content (AvgIpc) is 2.72. The third-order valence-corrected chi connectivity index (χ3v) is 4.08. The van der Waals surface area contributed by atoms with Crippen molar-refractivity contribution in [2.75, 3.05) is 13.2 Å². The lowest BCUT2D eigenvalue weighted by molar-refractivity contribution is -0.139. The minimum Gasteiger partial charge on any atom is -0.494 e. The molecule has 0 amide bonds. The quantitative estimate of drug-likeness (QED) is 0.216. The van der Waals surface area contributed by atoms with Crippen LogP contribution < -0.4 is 9.47 Å². The summed E-state index contributed by atoms with van der Waals surface area (Å²) in [5.74, 6) is -2.61. The third-order valence-electron chi connectivity index (χ3n) is 4.08. The van der Waals surface area contributed by atoms with Crippen molar-refractivity contribution in [3.8, 4) is 11.5 Å². The van der Waals surface area contributed by atoms with E-state index in [0.717, 1.165) is 37.8 Å². The zero-order valence-corrected chi connectivity index (χ0v) is 16.8. The van der Waals surface area contributed by atoms with Gasteiger partial charge in [0.15, 0.2) is 11.6 Å². The highest BCUT2D eigenvalue weighted by Gasteiger charge is 2.11. The molecule has 0 saturated carbocycles. The summed E-state index contributed by atoms with van der Waals surface area (Å²) in [7, 11) is 0. The van der Waals surface area contributed by atoms with Gasteiger partial charge in [0.2, 0.25) is 0 Å². The van der Waals surface area contributed by atoms with E-state index in [4.69, 9.17) is 14.2 Å². The normalized spacial score (nSPS) is 10.4. The van der Waals surface area contributed by atoms with E-state index >= 15 is 0 Å². The summed E-state index contributed by atoms with van der Waals surface area (Å²) in [6, 6.07) is 9.23. The van der Waals surface area contributed by atoms with E-state index in [1.54, 1.807) is 19.1 Å². The highest BCUT2D eigenvalue weighted by atomic mass is 19.2. The highest BCUT2D eigenvalue weighted by Crippen LogP contribution is 2.18. The van der Waals surface area contributed by atoms with Gasteiger partial charge in [0.1, 0.15) is 11.5 Å². The summed E-state index contributed by atoms with van der Waals surface area (Å²) in [5.41, 5.74) is 0.656. The lowest BCUT2D eigenvalue weighted by Crippen LogP contribution is -2.09. The monoisotopic (exact) mass is 418 g/mol. The van der Waals surface area contributed by atoms with Crippen molar-refractivity contribution in [3.05, 3.63) is 71.8 Å². The van der Waals surface area contributed by atoms with Crippen molar-refractivity contribution in [2.24, 2.45) is 0 Å². The van der Waals surface area contributed by atoms with E-state index in [1.807, 2.05) is 0 Å². The van der Waals surface area contributed by atoms with E-state index in [1.165, 1.54) is 18.2 Å². The number of carbonyl (C=O) groups excluding carboxylic acids is 2. The van der Waals surface area contributed by atoms with Crippen LogP contribution in [0.25, 0.3) is 0 Å². The van der Waals surface area contributed by atoms with Crippen LogP contribution in [0.1, 0.15) is 43.0 Å². The van der Waals surface area contributed by atoms with Gasteiger partial charge in [-0.3, -0.25) is 0 Å². The van der Waals surface area contributed by atoms with Gasteiger partial charge in [0.25, 0.3) is 0 Å². The van der Waals surface area contributed by atoms with E-state index in [-0.39, 0.29) is 17.3 Å². The van der Waals surface area contributed by atoms with Gasteiger partial charge < -0.3 is 14.2 Å². The molecular formula is C23H24F2O5. The molecule has 30 heavy (non-hydrogen) atoms. The number of hydrogen-bond acceptors (Lipinski definition) is 5. The number of ether oxygens (including phenoxy) is 3. The van der Waals surface area contributed by atoms with E-state index in [2.05, 4.69) is 6.58 Å². The molecule has 0 atom stereocenters. The molecule has 0 N–H and O–H groups in total. The predicted octanol–water partition coefficient (Wildman–Crippen LogP) is 5.24. The number of rotatable bonds is 11. The van der Waals surface area contributed by atoms with Gasteiger partial charge in [0, 0.05) is 11.6 Å². The van der Waals surface area contributed by atoms with Crippen molar-refractivity contribution in [1.82, 2.24) is 0 Å². The first-order valence-corrected chi connectivity index (χ1v) is 9.59. The SMILES string of the molecule is C=C(C)C(=O)OCCCCCCOc1ccc(C(=O)Oc2ccc(F)c(F)c2)cc1. The first-order valence-electron chi connectivity index (χ1n) is 9.59. The fourth-order valence-electron chi connectivity index (χ4n) is 2.43. The van der Waals surface area contributed by atoms with E-state index < -0.39 is 17.6 Å². The Kier molecular flexibility index (Phi) is 9.00. The summed E-state index contributed by atoms with van der Waals surface area (Å²) in [4.78, 5) is 23.3. The summed E-state index contributed by atoms with van der Waals surface area (Å²) in [6.45, 7) is 6.03. The number of esters is 2. The Morgan fingerprint density at radius 2 is 1.50 bits per heavy atom. The molecule has 160 valence electrons. The van der Waals surface area contributed by atoms with Crippen LogP contribution in [0.2, 0.25) is 0 Å². The van der Waals surface area contributed by atoms with Gasteiger partial charge >= 0.3 is 11.9 Å². The van der Waals surface area contributed by atoms with Crippen LogP contribution in [0.5, 0.6) is 11.5 Å². The second kappa shape index (κ2) is 11.7. The topological polar surface area (TPSA) is 61.8 Å². The minimum absolute atomic E-state index is 0.0754. The fraction of sp³-hybridized carbons (Fsp3) is 0.304. The Hall–Kier alpha value is -3.22. The Balaban J connectivity index is 1.65. The molecule has 0 bridgehead atoms. The van der Waals surface area contributed by atoms with Gasteiger partial charge in [-0.05, 0) is 69.0 Å². The standard InChI is InChI=1S/C23H24F2O5/c1-16(2)22(26)29-14-6-4-3-5-13-28-18-9-7-17(8-10-18)23(27)30-19-11-12-20(24)21(25)15-19/h7-12,15H,1,3-6,13-14H2,2H3. The van der Waals surface area contributed by atoms with Gasteiger partial charge in [0.05, 0.1) is 18.8 Å². The maximum absolute atomic E-state index is 13.2. The molecule has 0 aromatic heterocycles. The van der Waals surface area contributed by atoms with Crippen molar-refractivity contribution in [3.63, 3.8) is 0 Å². The van der Waals surface area contributed by atoms with Gasteiger partial charge in [-0.1, -0.05) is 6.58 Å². The second-order valence-electron chi connectivity index (χ2n) is 6.67. The van der Waals surface area contributed by atoms with Gasteiger partial charge in [-0.2, -0.15) is 0 Å². The highest BCUT2D eigenvalue weighted by molar-refractivity contribution is 5.91. The molecule has 2 aromatic carbocycles. The molecular weight excluding hydrogens is 394 g/mol. The molecule has 0 heterocycles. The number of unbranched alkanes of at least 4 members (excludes halogenated alkanes) is 3. The van der Waals surface area contributed by atoms with Crippen LogP contribution in [0, 0.1) is 11.6 Å². The Bertz CT molecular complexity index is 878. The van der Waals surface area contributed by atoms with Crippen LogP contribution in [0.3, 0.4) is 0 Å². The van der Waals surface area contributed by atoms with Crippen LogP contribution in [-0.2, 0) is 9.53 Å². The zero-order chi connectivity index (χ0) is 21.9. The van der Waals surface area contributed by atoms with E-state index in [0.29, 0.717) is 24.5 Å². The molecule has 0 aliphatic rings. The average molecular weight is 418 g/mol. The molecule has 2 aromatic rings. The molecule has 2 rings (SSSR count). The minimum atomic E-state index is -1.09. The maximum atomic E-state index is 13.2. The van der Waals surface area contributed by atoms with Crippen LogP contribution >= 0.6 is 0 Å². The Labute approximate surface area is 174 Å². The van der Waals surface area contributed by atoms with Crippen molar-refractivity contribution < 1.29 is 32.6 Å². The van der Waals surface area contributed by atoms with Crippen LogP contribution in [0.4, 0.5) is 8.78 Å². The number of carbonyl (C=O) groups is 2. The number of hydrogen-bond donors (Lipinski definition) is 0. The van der Waals surface area contributed by atoms with Gasteiger partial charge in [-0.15, -0.1) is 0 Å². The molecule has 0 saturated heterocycles. The van der Waals surface area contributed by atoms with Crippen LogP contribution in [0.15, 0.2) is 54.6 Å². The first kappa shape index (κ1) is 23.1. The predicted molar refractivity (Wildman–Crippen MR) is 107 cm³/mol. The Morgan fingerprint density at radius 1 is 0.867 bits per heavy atom. The summed E-state index contributed by atoms with van der Waals surface area (Å²) < 4.78 is 41.8. The smallest absolute Gasteiger partial charge is 0.343 e. The largest absolute Gasteiger partial charge is 0.494 e. The van der Waals surface area contributed by atoms with Crippen LogP contribution in [-0.4, -0.2) is 25.2 Å². The van der Waals surface area contributed by atoms with Gasteiger partial charge in [-0.25, -0.2) is 18.4 Å². The molecule has 7 heteroatoms. The molecule has 0 aliphatic carbocycles. The number of halogens is 2. The maximum Gasteiger partial charge on any atom is 0.343 e. The van der Waals surface area contributed by atoms with E-state index in [9.17, 15) is 18.4 Å². The molecule has 5 nitrogen and oxygen atoms in total. The molecule has 0 radical (unpaired) electrons. The molecule has 0 aliphatic heterocycles. The Morgan fingerprint density at radius 3 is 2.13 bits per heavy atom.